The van der Waals surface area contributed by atoms with E-state index in [9.17, 15) is 9.59 Å². The first-order valence-corrected chi connectivity index (χ1v) is 10.3. The van der Waals surface area contributed by atoms with Gasteiger partial charge in [0.1, 0.15) is 0 Å². The molecule has 2 aliphatic rings. The molecular weight excluding hydrogens is 352 g/mol. The molecule has 6 nitrogen and oxygen atoms in total. The molecule has 1 N–H and O–H groups in total. The molecule has 2 aromatic rings. The lowest BCUT2D eigenvalue weighted by molar-refractivity contribution is 0.0705. The topological polar surface area (TPSA) is 67.2 Å². The molecule has 3 heterocycles. The Morgan fingerprint density at radius 2 is 1.75 bits per heavy atom. The summed E-state index contributed by atoms with van der Waals surface area (Å²) in [5, 5.41) is 3.00. The van der Waals surface area contributed by atoms with Crippen molar-refractivity contribution in [2.75, 3.05) is 18.4 Å². The lowest BCUT2D eigenvalue weighted by Gasteiger charge is -2.27. The number of likely N-dealkylation sites (tertiary alicyclic amines) is 1. The Kier molecular flexibility index (Phi) is 5.20. The molecule has 0 aliphatic carbocycles. The summed E-state index contributed by atoms with van der Waals surface area (Å²) in [6.07, 6.45) is 6.08. The van der Waals surface area contributed by atoms with Gasteiger partial charge in [0.2, 0.25) is 0 Å². The summed E-state index contributed by atoms with van der Waals surface area (Å²) >= 11 is 0. The van der Waals surface area contributed by atoms with Crippen LogP contribution in [0.25, 0.3) is 0 Å². The minimum Gasteiger partial charge on any atom is -0.336 e. The molecule has 148 valence electrons. The van der Waals surface area contributed by atoms with Gasteiger partial charge in [-0.3, -0.25) is 9.59 Å². The zero-order valence-corrected chi connectivity index (χ0v) is 16.8. The number of benzene rings is 1. The Morgan fingerprint density at radius 3 is 2.50 bits per heavy atom. The minimum absolute atomic E-state index is 0.0339. The second kappa shape index (κ2) is 7.78. The van der Waals surface area contributed by atoms with Crippen LogP contribution in [0.15, 0.2) is 18.2 Å². The van der Waals surface area contributed by atoms with Crippen LogP contribution in [0.3, 0.4) is 0 Å². The van der Waals surface area contributed by atoms with E-state index in [4.69, 9.17) is 0 Å². The molecule has 0 bridgehead atoms. The summed E-state index contributed by atoms with van der Waals surface area (Å²) in [6, 6.07) is 5.95. The van der Waals surface area contributed by atoms with Gasteiger partial charge in [-0.25, -0.2) is 4.98 Å². The number of fused-ring (bicyclic) bond motifs is 1. The summed E-state index contributed by atoms with van der Waals surface area (Å²) < 4.78 is 1.98. The number of anilines is 1. The lowest BCUT2D eigenvalue weighted by atomic mass is 10.1. The zero-order chi connectivity index (χ0) is 19.7. The molecule has 1 aromatic heterocycles. The van der Waals surface area contributed by atoms with Crippen molar-refractivity contribution in [2.24, 2.45) is 0 Å². The predicted molar refractivity (Wildman–Crippen MR) is 109 cm³/mol. The van der Waals surface area contributed by atoms with Crippen molar-refractivity contribution in [3.05, 3.63) is 46.5 Å². The first-order chi connectivity index (χ1) is 13.5. The van der Waals surface area contributed by atoms with Gasteiger partial charge in [0.25, 0.3) is 11.8 Å². The molecule has 0 atom stereocenters. The minimum atomic E-state index is -0.227. The molecule has 1 saturated heterocycles. The summed E-state index contributed by atoms with van der Waals surface area (Å²) in [4.78, 5) is 32.6. The summed E-state index contributed by atoms with van der Waals surface area (Å²) in [7, 11) is 0. The Bertz CT molecular complexity index is 910. The van der Waals surface area contributed by atoms with Gasteiger partial charge >= 0.3 is 0 Å². The van der Waals surface area contributed by atoms with Crippen LogP contribution < -0.4 is 5.32 Å². The van der Waals surface area contributed by atoms with Gasteiger partial charge in [0.05, 0.1) is 5.69 Å². The maximum Gasteiger partial charge on any atom is 0.289 e. The van der Waals surface area contributed by atoms with E-state index in [0.29, 0.717) is 11.5 Å². The molecule has 4 rings (SSSR count). The van der Waals surface area contributed by atoms with Gasteiger partial charge in [0.15, 0.2) is 11.5 Å². The fourth-order valence-electron chi connectivity index (χ4n) is 4.26. The highest BCUT2D eigenvalue weighted by Gasteiger charge is 2.30. The normalized spacial score (nSPS) is 16.6. The van der Waals surface area contributed by atoms with E-state index in [1.165, 1.54) is 6.42 Å². The summed E-state index contributed by atoms with van der Waals surface area (Å²) in [5.41, 5.74) is 4.27. The average Bonchev–Trinajstić information content (AvgIpc) is 3.10. The van der Waals surface area contributed by atoms with E-state index in [2.05, 4.69) is 10.3 Å². The third kappa shape index (κ3) is 3.55. The number of aryl methyl sites for hydroxylation is 2. The summed E-state index contributed by atoms with van der Waals surface area (Å²) in [5.74, 6) is 0.172. The molecule has 2 amide bonds. The molecular formula is C22H28N4O2. The van der Waals surface area contributed by atoms with Crippen molar-refractivity contribution in [1.82, 2.24) is 14.5 Å². The molecule has 2 aliphatic heterocycles. The zero-order valence-electron chi connectivity index (χ0n) is 16.8. The largest absolute Gasteiger partial charge is 0.336 e. The molecule has 1 fully saturated rings. The molecule has 0 spiro atoms. The number of piperidine rings is 1. The fourth-order valence-corrected chi connectivity index (χ4v) is 4.26. The van der Waals surface area contributed by atoms with Crippen molar-refractivity contribution < 1.29 is 9.59 Å². The second-order valence-electron chi connectivity index (χ2n) is 7.96. The number of carbonyl (C=O) groups excluding carboxylic acids is 2. The maximum atomic E-state index is 13.1. The number of aromatic nitrogens is 2. The van der Waals surface area contributed by atoms with Crippen LogP contribution in [0.4, 0.5) is 5.69 Å². The van der Waals surface area contributed by atoms with E-state index in [-0.39, 0.29) is 11.8 Å². The van der Waals surface area contributed by atoms with Gasteiger partial charge in [-0.05, 0) is 64.0 Å². The number of nitrogens with zero attached hydrogens (tertiary/aromatic N) is 3. The number of imidazole rings is 1. The summed E-state index contributed by atoms with van der Waals surface area (Å²) in [6.45, 7) is 6.34. The average molecular weight is 380 g/mol. The quantitative estimate of drug-likeness (QED) is 0.883. The van der Waals surface area contributed by atoms with Gasteiger partial charge in [-0.15, -0.1) is 0 Å². The van der Waals surface area contributed by atoms with Crippen LogP contribution in [0.1, 0.15) is 70.0 Å². The van der Waals surface area contributed by atoms with Crippen LogP contribution in [-0.2, 0) is 13.0 Å². The molecule has 28 heavy (non-hydrogen) atoms. The first-order valence-electron chi connectivity index (χ1n) is 10.3. The lowest BCUT2D eigenvalue weighted by Crippen LogP contribution is -2.37. The first kappa shape index (κ1) is 18.7. The third-order valence-electron chi connectivity index (χ3n) is 5.80. The van der Waals surface area contributed by atoms with Crippen molar-refractivity contribution >= 4 is 17.5 Å². The fraction of sp³-hybridized carbons (Fsp3) is 0.500. The monoisotopic (exact) mass is 380 g/mol. The van der Waals surface area contributed by atoms with Crippen LogP contribution in [0, 0.1) is 13.8 Å². The highest BCUT2D eigenvalue weighted by atomic mass is 16.2. The number of rotatable bonds is 3. The Hall–Kier alpha value is -2.63. The highest BCUT2D eigenvalue weighted by molar-refractivity contribution is 6.05. The smallest absolute Gasteiger partial charge is 0.289 e. The Morgan fingerprint density at radius 1 is 1.00 bits per heavy atom. The molecule has 0 unspecified atom stereocenters. The van der Waals surface area contributed by atoms with Crippen molar-refractivity contribution in [2.45, 2.75) is 58.9 Å². The number of carbonyl (C=O) groups is 2. The van der Waals surface area contributed by atoms with E-state index < -0.39 is 0 Å². The highest BCUT2D eigenvalue weighted by Crippen LogP contribution is 2.24. The molecule has 0 radical (unpaired) electrons. The molecule has 1 aromatic carbocycles. The van der Waals surface area contributed by atoms with E-state index in [1.54, 1.807) is 0 Å². The van der Waals surface area contributed by atoms with E-state index in [1.807, 2.05) is 41.5 Å². The Balaban J connectivity index is 1.64. The number of amides is 2. The van der Waals surface area contributed by atoms with Crippen LogP contribution >= 0.6 is 0 Å². The standard InChI is InChI=1S/C22H28N4O2/c1-15-9-10-17(16(2)14-15)23-21(27)19-18-8-4-7-13-26(18)20(24-19)22(28)25-11-5-3-6-12-25/h9-10,14H,3-8,11-13H2,1-2H3,(H,23,27). The van der Waals surface area contributed by atoms with E-state index in [0.717, 1.165) is 74.2 Å². The number of hydrogen-bond acceptors (Lipinski definition) is 3. The van der Waals surface area contributed by atoms with Gasteiger partial charge in [0, 0.05) is 25.3 Å². The van der Waals surface area contributed by atoms with Crippen molar-refractivity contribution in [1.29, 1.82) is 0 Å². The molecule has 6 heteroatoms. The van der Waals surface area contributed by atoms with Crippen LogP contribution in [0.2, 0.25) is 0 Å². The van der Waals surface area contributed by atoms with E-state index >= 15 is 0 Å². The van der Waals surface area contributed by atoms with Gasteiger partial charge < -0.3 is 14.8 Å². The van der Waals surface area contributed by atoms with Crippen LogP contribution in [0.5, 0.6) is 0 Å². The predicted octanol–water partition coefficient (Wildman–Crippen LogP) is 3.71. The van der Waals surface area contributed by atoms with Crippen molar-refractivity contribution in [3.63, 3.8) is 0 Å². The Labute approximate surface area is 165 Å². The van der Waals surface area contributed by atoms with Gasteiger partial charge in [-0.1, -0.05) is 17.7 Å². The molecule has 0 saturated carbocycles. The number of nitrogens with one attached hydrogen (secondary N) is 1. The third-order valence-corrected chi connectivity index (χ3v) is 5.80. The second-order valence-corrected chi connectivity index (χ2v) is 7.96. The van der Waals surface area contributed by atoms with Gasteiger partial charge in [-0.2, -0.15) is 0 Å². The SMILES string of the molecule is Cc1ccc(NC(=O)c2nc(C(=O)N3CCCCC3)n3c2CCCC3)c(C)c1. The van der Waals surface area contributed by atoms with Crippen LogP contribution in [-0.4, -0.2) is 39.4 Å². The maximum absolute atomic E-state index is 13.1. The van der Waals surface area contributed by atoms with Crippen molar-refractivity contribution in [3.8, 4) is 0 Å². The number of hydrogen-bond donors (Lipinski definition) is 1.